The number of benzene rings is 2. The Balaban J connectivity index is 2.35. The van der Waals surface area contributed by atoms with E-state index in [4.69, 9.17) is 9.47 Å². The fourth-order valence-corrected chi connectivity index (χ4v) is 2.96. The van der Waals surface area contributed by atoms with E-state index >= 15 is 0 Å². The number of aryl methyl sites for hydroxylation is 2. The van der Waals surface area contributed by atoms with Gasteiger partial charge in [-0.15, -0.1) is 0 Å². The molecular formula is C21H25NO2. The summed E-state index contributed by atoms with van der Waals surface area (Å²) < 4.78 is 10.9. The molecule has 0 aliphatic rings. The summed E-state index contributed by atoms with van der Waals surface area (Å²) in [5.74, 6) is 1.52. The Bertz CT molecular complexity index is 731. The predicted molar refractivity (Wildman–Crippen MR) is 96.8 cm³/mol. The number of nitriles is 1. The first-order chi connectivity index (χ1) is 11.7. The second-order valence-corrected chi connectivity index (χ2v) is 5.81. The molecule has 0 aliphatic carbocycles. The third kappa shape index (κ3) is 3.89. The Hall–Kier alpha value is -2.47. The van der Waals surface area contributed by atoms with E-state index < -0.39 is 0 Å². The van der Waals surface area contributed by atoms with Gasteiger partial charge < -0.3 is 9.47 Å². The minimum absolute atomic E-state index is 0.206. The third-order valence-electron chi connectivity index (χ3n) is 4.42. The highest BCUT2D eigenvalue weighted by Crippen LogP contribution is 2.30. The maximum Gasteiger partial charge on any atom is 0.122 e. The van der Waals surface area contributed by atoms with Crippen LogP contribution in [0.25, 0.3) is 0 Å². The molecule has 0 spiro atoms. The summed E-state index contributed by atoms with van der Waals surface area (Å²) in [6, 6.07) is 14.7. The van der Waals surface area contributed by atoms with Gasteiger partial charge in [0.15, 0.2) is 0 Å². The lowest BCUT2D eigenvalue weighted by atomic mass is 9.90. The van der Waals surface area contributed by atoms with Crippen molar-refractivity contribution >= 4 is 0 Å². The molecule has 0 radical (unpaired) electrons. The number of hydrogen-bond donors (Lipinski definition) is 0. The molecule has 1 unspecified atom stereocenters. The van der Waals surface area contributed by atoms with Crippen LogP contribution in [0.2, 0.25) is 0 Å². The predicted octanol–water partition coefficient (Wildman–Crippen LogP) is 4.68. The maximum absolute atomic E-state index is 9.70. The molecule has 1 atom stereocenters. The monoisotopic (exact) mass is 323 g/mol. The first kappa shape index (κ1) is 17.9. The zero-order valence-corrected chi connectivity index (χ0v) is 14.9. The molecule has 3 heteroatoms. The van der Waals surface area contributed by atoms with E-state index in [9.17, 15) is 5.26 Å². The van der Waals surface area contributed by atoms with Crippen molar-refractivity contribution < 1.29 is 9.47 Å². The van der Waals surface area contributed by atoms with Gasteiger partial charge in [0.2, 0.25) is 0 Å². The van der Waals surface area contributed by atoms with E-state index in [1.807, 2.05) is 18.2 Å². The summed E-state index contributed by atoms with van der Waals surface area (Å²) in [6.07, 6.45) is 2.49. The van der Waals surface area contributed by atoms with Gasteiger partial charge in [0.25, 0.3) is 0 Å². The van der Waals surface area contributed by atoms with Crippen molar-refractivity contribution in [2.24, 2.45) is 0 Å². The second-order valence-electron chi connectivity index (χ2n) is 5.81. The van der Waals surface area contributed by atoms with Gasteiger partial charge in [0, 0.05) is 0 Å². The van der Waals surface area contributed by atoms with Gasteiger partial charge in [-0.2, -0.15) is 5.26 Å². The molecule has 24 heavy (non-hydrogen) atoms. The Morgan fingerprint density at radius 2 is 1.58 bits per heavy atom. The molecule has 0 aromatic heterocycles. The van der Waals surface area contributed by atoms with Crippen LogP contribution in [0.5, 0.6) is 11.5 Å². The van der Waals surface area contributed by atoms with Crippen LogP contribution in [0.1, 0.15) is 42.0 Å². The molecule has 3 nitrogen and oxygen atoms in total. The van der Waals surface area contributed by atoms with Crippen LogP contribution in [-0.4, -0.2) is 14.2 Å². The second kappa shape index (κ2) is 8.40. The molecule has 126 valence electrons. The molecule has 0 bridgehead atoms. The lowest BCUT2D eigenvalue weighted by Gasteiger charge is -2.16. The number of rotatable bonds is 7. The van der Waals surface area contributed by atoms with Crippen molar-refractivity contribution in [1.29, 1.82) is 5.26 Å². The van der Waals surface area contributed by atoms with E-state index in [1.165, 1.54) is 5.56 Å². The van der Waals surface area contributed by atoms with E-state index in [0.29, 0.717) is 6.42 Å². The molecular weight excluding hydrogens is 298 g/mol. The van der Waals surface area contributed by atoms with Crippen LogP contribution in [-0.2, 0) is 19.3 Å². The van der Waals surface area contributed by atoms with Gasteiger partial charge in [-0.25, -0.2) is 0 Å². The van der Waals surface area contributed by atoms with Crippen molar-refractivity contribution in [3.8, 4) is 17.6 Å². The highest BCUT2D eigenvalue weighted by atomic mass is 16.5. The van der Waals surface area contributed by atoms with Crippen LogP contribution in [0.4, 0.5) is 0 Å². The molecule has 0 aliphatic heterocycles. The van der Waals surface area contributed by atoms with Crippen molar-refractivity contribution in [1.82, 2.24) is 0 Å². The molecule has 0 fully saturated rings. The van der Waals surface area contributed by atoms with Crippen LogP contribution in [0.3, 0.4) is 0 Å². The lowest BCUT2D eigenvalue weighted by Crippen LogP contribution is -2.04. The number of ether oxygens (including phenoxy) is 2. The number of hydrogen-bond acceptors (Lipinski definition) is 3. The number of nitrogens with zero attached hydrogens (tertiary/aromatic N) is 1. The molecule has 0 saturated heterocycles. The Morgan fingerprint density at radius 3 is 2.17 bits per heavy atom. The smallest absolute Gasteiger partial charge is 0.122 e. The molecule has 0 amide bonds. The van der Waals surface area contributed by atoms with Gasteiger partial charge in [0.1, 0.15) is 11.5 Å². The molecule has 2 aromatic carbocycles. The minimum atomic E-state index is -0.206. The molecule has 2 aromatic rings. The van der Waals surface area contributed by atoms with Gasteiger partial charge in [-0.1, -0.05) is 38.1 Å². The fourth-order valence-electron chi connectivity index (χ4n) is 2.96. The summed E-state index contributed by atoms with van der Waals surface area (Å²) in [6.45, 7) is 4.22. The average molecular weight is 323 g/mol. The van der Waals surface area contributed by atoms with Crippen molar-refractivity contribution in [3.63, 3.8) is 0 Å². The summed E-state index contributed by atoms with van der Waals surface area (Å²) in [5.41, 5.74) is 4.49. The van der Waals surface area contributed by atoms with Crippen LogP contribution in [0, 0.1) is 11.3 Å². The van der Waals surface area contributed by atoms with Crippen molar-refractivity contribution in [2.75, 3.05) is 14.2 Å². The van der Waals surface area contributed by atoms with E-state index in [2.05, 4.69) is 38.1 Å². The van der Waals surface area contributed by atoms with E-state index in [1.54, 1.807) is 14.2 Å². The molecule has 0 saturated carbocycles. The standard InChI is InChI=1S/C21H25NO2/c1-5-15-7-9-21(24-4)18(11-15)13-19(14-22)17-8-10-20(23-3)16(6-2)12-17/h7-12,19H,5-6,13H2,1-4H3. The largest absolute Gasteiger partial charge is 0.496 e. The maximum atomic E-state index is 9.70. The Morgan fingerprint density at radius 1 is 0.917 bits per heavy atom. The van der Waals surface area contributed by atoms with Crippen LogP contribution >= 0.6 is 0 Å². The minimum Gasteiger partial charge on any atom is -0.496 e. The van der Waals surface area contributed by atoms with Crippen molar-refractivity contribution in [2.45, 2.75) is 39.0 Å². The Kier molecular flexibility index (Phi) is 6.26. The summed E-state index contributed by atoms with van der Waals surface area (Å²) in [7, 11) is 3.35. The van der Waals surface area contributed by atoms with Crippen LogP contribution in [0.15, 0.2) is 36.4 Å². The quantitative estimate of drug-likeness (QED) is 0.743. The highest BCUT2D eigenvalue weighted by molar-refractivity contribution is 5.43. The van der Waals surface area contributed by atoms with Gasteiger partial charge in [0.05, 0.1) is 26.2 Å². The van der Waals surface area contributed by atoms with Gasteiger partial charge in [-0.05, 0) is 53.6 Å². The topological polar surface area (TPSA) is 42.2 Å². The lowest BCUT2D eigenvalue weighted by molar-refractivity contribution is 0.408. The summed E-state index contributed by atoms with van der Waals surface area (Å²) in [5, 5.41) is 9.70. The summed E-state index contributed by atoms with van der Waals surface area (Å²) in [4.78, 5) is 0. The first-order valence-corrected chi connectivity index (χ1v) is 8.38. The first-order valence-electron chi connectivity index (χ1n) is 8.38. The van der Waals surface area contributed by atoms with Crippen LogP contribution < -0.4 is 9.47 Å². The van der Waals surface area contributed by atoms with E-state index in [0.717, 1.165) is 41.0 Å². The van der Waals surface area contributed by atoms with Gasteiger partial charge in [-0.3, -0.25) is 0 Å². The van der Waals surface area contributed by atoms with Crippen molar-refractivity contribution in [3.05, 3.63) is 58.7 Å². The van der Waals surface area contributed by atoms with E-state index in [-0.39, 0.29) is 5.92 Å². The SMILES string of the molecule is CCc1ccc(OC)c(CC(C#N)c2ccc(OC)c(CC)c2)c1. The Labute approximate surface area is 144 Å². The third-order valence-corrected chi connectivity index (χ3v) is 4.42. The highest BCUT2D eigenvalue weighted by Gasteiger charge is 2.16. The zero-order chi connectivity index (χ0) is 17.5. The summed E-state index contributed by atoms with van der Waals surface area (Å²) >= 11 is 0. The normalized spacial score (nSPS) is 11.6. The molecule has 2 rings (SSSR count). The fraction of sp³-hybridized carbons (Fsp3) is 0.381. The molecule has 0 heterocycles. The zero-order valence-electron chi connectivity index (χ0n) is 14.9. The molecule has 0 N–H and O–H groups in total. The number of methoxy groups -OCH3 is 2. The average Bonchev–Trinajstić information content (AvgIpc) is 2.65. The van der Waals surface area contributed by atoms with Gasteiger partial charge >= 0.3 is 0 Å².